The van der Waals surface area contributed by atoms with Crippen molar-refractivity contribution in [1.82, 2.24) is 0 Å². The van der Waals surface area contributed by atoms with Crippen molar-refractivity contribution in [2.45, 2.75) is 0 Å². The zero-order valence-corrected chi connectivity index (χ0v) is 25.8. The summed E-state index contributed by atoms with van der Waals surface area (Å²) in [5, 5.41) is 0. The summed E-state index contributed by atoms with van der Waals surface area (Å²) in [5.41, 5.74) is 0. The fraction of sp³-hybridized carbons (Fsp3) is 0. The van der Waals surface area contributed by atoms with Gasteiger partial charge in [-0.1, -0.05) is 0 Å². The summed E-state index contributed by atoms with van der Waals surface area (Å²) in [6.45, 7) is 0. The second-order valence-electron chi connectivity index (χ2n) is 1.63. The summed E-state index contributed by atoms with van der Waals surface area (Å²) < 4.78 is 138. The Morgan fingerprint density at radius 3 is 0.417 bits per heavy atom. The Morgan fingerprint density at radius 1 is 0.417 bits per heavy atom. The molecule has 0 unspecified atom stereocenters. The molecule has 0 aliphatic rings. The van der Waals surface area contributed by atoms with Crippen molar-refractivity contribution in [2.75, 3.05) is 0 Å². The third-order valence-electron chi connectivity index (χ3n) is 0. The SMILES string of the molecule is [Ca+2].[Cd+2].[Cu+2].[O]=[Cr](=[O])([O-])[O-].[O]=[Cr](=[O])([O-])[O-].[O]=[Cr](=[O])([O-])[O-].[O]=[Cr](=[O])([O-])[O-].[Zn+2]. The van der Waals surface area contributed by atoms with Crippen molar-refractivity contribution in [2.24, 2.45) is 0 Å². The maximum absolute atomic E-state index is 8.59. The van der Waals surface area contributed by atoms with Crippen LogP contribution < -0.4 is 33.3 Å². The fourth-order valence-electron chi connectivity index (χ4n) is 0. The molecule has 0 spiro atoms. The molecule has 16 nitrogen and oxygen atoms in total. The van der Waals surface area contributed by atoms with Crippen molar-refractivity contribution in [3.05, 3.63) is 0 Å². The average molecular weight is 745 g/mol. The number of hydrogen-bond donors (Lipinski definition) is 0. The standard InChI is InChI=1S/Ca.Cd.4Cr.Cu.16O.Zn/q2*+2;;;;;+2;;;;;;;;;8*-1;+2. The summed E-state index contributed by atoms with van der Waals surface area (Å²) in [6.07, 6.45) is 0. The molecular weight excluding hydrogens is 745 g/mol. The van der Waals surface area contributed by atoms with Crippen LogP contribution in [0.2, 0.25) is 0 Å². The summed E-state index contributed by atoms with van der Waals surface area (Å²) in [7, 11) is 0. The second kappa shape index (κ2) is 22.8. The molecule has 0 saturated heterocycles. The second-order valence-corrected chi connectivity index (χ2v) is 6.73. The van der Waals surface area contributed by atoms with Crippen LogP contribution in [0.1, 0.15) is 0 Å². The van der Waals surface area contributed by atoms with E-state index >= 15 is 0 Å². The number of rotatable bonds is 0. The predicted molar refractivity (Wildman–Crippen MR) is 11.2 cm³/mol. The van der Waals surface area contributed by atoms with E-state index in [4.69, 9.17) is 63.7 Å². The van der Waals surface area contributed by atoms with E-state index in [-0.39, 0.29) is 102 Å². The molecule has 24 heavy (non-hydrogen) atoms. The maximum atomic E-state index is 8.59. The van der Waals surface area contributed by atoms with Crippen LogP contribution in [0.4, 0.5) is 0 Å². The molecule has 0 saturated carbocycles. The Morgan fingerprint density at radius 2 is 0.417 bits per heavy atom. The van der Waals surface area contributed by atoms with Gasteiger partial charge in [-0.2, -0.15) is 0 Å². The van der Waals surface area contributed by atoms with E-state index < -0.39 is 54.5 Å². The predicted octanol–water partition coefficient (Wildman–Crippen LogP) is -10.9. The van der Waals surface area contributed by atoms with Gasteiger partial charge in [-0.15, -0.1) is 0 Å². The van der Waals surface area contributed by atoms with Gasteiger partial charge in [0.15, 0.2) is 0 Å². The Bertz CT molecular complexity index is 491. The molecule has 0 aliphatic carbocycles. The molecular formula is CaCdCr4CuO16Zn. The largest absolute Gasteiger partial charge is 2.00 e. The van der Waals surface area contributed by atoms with Crippen LogP contribution in [-0.2, 0) is 149 Å². The zero-order chi connectivity index (χ0) is 18.0. The van der Waals surface area contributed by atoms with Crippen molar-refractivity contribution in [1.29, 1.82) is 0 Å². The van der Waals surface area contributed by atoms with Crippen LogP contribution in [0.25, 0.3) is 0 Å². The fourth-order valence-corrected chi connectivity index (χ4v) is 0. The van der Waals surface area contributed by atoms with Gasteiger partial charge in [-0.25, -0.2) is 0 Å². The molecule has 0 heterocycles. The Labute approximate surface area is 216 Å². The van der Waals surface area contributed by atoms with Gasteiger partial charge in [0.25, 0.3) is 0 Å². The zero-order valence-electron chi connectivity index (χ0n) is 10.6. The van der Waals surface area contributed by atoms with Gasteiger partial charge in [-0.05, 0) is 0 Å². The summed E-state index contributed by atoms with van der Waals surface area (Å²) >= 11 is -23.0. The average Bonchev–Trinajstić information content (AvgIpc) is 1.62. The topological polar surface area (TPSA) is 321 Å². The van der Waals surface area contributed by atoms with E-state index in [1.807, 2.05) is 0 Å². The maximum Gasteiger partial charge on any atom is 2.00 e. The summed E-state index contributed by atoms with van der Waals surface area (Å²) in [4.78, 5) is 0. The molecule has 0 atom stereocenters. The first-order chi connectivity index (χ1) is 8.00. The van der Waals surface area contributed by atoms with Gasteiger partial charge in [0, 0.05) is 0 Å². The van der Waals surface area contributed by atoms with E-state index in [1.165, 1.54) is 0 Å². The quantitative estimate of drug-likeness (QED) is 0.208. The molecule has 0 fully saturated rings. The minimum atomic E-state index is -5.75. The van der Waals surface area contributed by atoms with Gasteiger partial charge >= 0.3 is 220 Å². The first kappa shape index (κ1) is 50.8. The molecule has 0 amide bonds. The summed E-state index contributed by atoms with van der Waals surface area (Å²) in [6, 6.07) is 0. The van der Waals surface area contributed by atoms with Crippen molar-refractivity contribution >= 4 is 37.7 Å². The Hall–Kier alpha value is 3.53. The molecule has 0 aliphatic heterocycles. The molecule has 24 heteroatoms. The monoisotopic (exact) mass is 744 g/mol. The Balaban J connectivity index is -0.0000000225. The van der Waals surface area contributed by atoms with Crippen LogP contribution in [-0.4, -0.2) is 37.7 Å². The molecule has 0 aromatic carbocycles. The third-order valence-corrected chi connectivity index (χ3v) is 0. The van der Waals surface area contributed by atoms with Crippen molar-refractivity contribution in [3.8, 4) is 0 Å². The molecule has 0 N–H and O–H groups in total. The van der Waals surface area contributed by atoms with Crippen LogP contribution >= 0.6 is 0 Å². The van der Waals surface area contributed by atoms with E-state index in [9.17, 15) is 0 Å². The van der Waals surface area contributed by atoms with Crippen LogP contribution in [0.5, 0.6) is 0 Å². The first-order valence-electron chi connectivity index (χ1n) is 2.67. The van der Waals surface area contributed by atoms with Gasteiger partial charge < -0.3 is 0 Å². The van der Waals surface area contributed by atoms with Crippen LogP contribution in [0.3, 0.4) is 0 Å². The van der Waals surface area contributed by atoms with E-state index in [0.717, 1.165) is 0 Å². The van der Waals surface area contributed by atoms with Crippen LogP contribution in [0, 0.1) is 0 Å². The molecule has 0 aromatic rings. The minimum Gasteiger partial charge on any atom is 2.00 e. The molecule has 0 aromatic heterocycles. The normalized spacial score (nSPS) is 9.67. The van der Waals surface area contributed by atoms with Gasteiger partial charge in [0.05, 0.1) is 0 Å². The van der Waals surface area contributed by atoms with Crippen molar-refractivity contribution < 1.29 is 182 Å². The minimum absolute atomic E-state index is 0. The third kappa shape index (κ3) is 1230. The molecule has 1 radical (unpaired) electrons. The van der Waals surface area contributed by atoms with E-state index in [1.54, 1.807) is 0 Å². The molecule has 0 rings (SSSR count). The van der Waals surface area contributed by atoms with Gasteiger partial charge in [-0.3, -0.25) is 0 Å². The van der Waals surface area contributed by atoms with E-state index in [0.29, 0.717) is 0 Å². The van der Waals surface area contributed by atoms with Crippen molar-refractivity contribution in [3.63, 3.8) is 0 Å². The van der Waals surface area contributed by atoms with Crippen LogP contribution in [0.15, 0.2) is 0 Å². The summed E-state index contributed by atoms with van der Waals surface area (Å²) in [5.74, 6) is 0. The Kier molecular flexibility index (Phi) is 48.3. The number of hydrogen-bond acceptors (Lipinski definition) is 16. The van der Waals surface area contributed by atoms with Gasteiger partial charge in [0.1, 0.15) is 0 Å². The molecule has 137 valence electrons. The smallest absolute Gasteiger partial charge is 2.00 e. The van der Waals surface area contributed by atoms with Gasteiger partial charge in [0.2, 0.25) is 0 Å². The molecule has 0 bridgehead atoms. The van der Waals surface area contributed by atoms with E-state index in [2.05, 4.69) is 0 Å². The first-order valence-corrected chi connectivity index (χ1v) is 11.0.